The summed E-state index contributed by atoms with van der Waals surface area (Å²) in [5.74, 6) is -0.677. The van der Waals surface area contributed by atoms with E-state index in [1.165, 1.54) is 34.9 Å². The van der Waals surface area contributed by atoms with Crippen molar-refractivity contribution in [2.45, 2.75) is 59.3 Å². The Hall–Kier alpha value is -4.22. The molecule has 2 N–H and O–H groups in total. The highest BCUT2D eigenvalue weighted by molar-refractivity contribution is 6.28. The Morgan fingerprint density at radius 3 is 2.43 bits per heavy atom. The lowest BCUT2D eigenvalue weighted by Crippen LogP contribution is -1.99. The average molecular weight is 581 g/mol. The van der Waals surface area contributed by atoms with Crippen LogP contribution in [0.25, 0.3) is 16.8 Å². The summed E-state index contributed by atoms with van der Waals surface area (Å²) in [7, 11) is 0. The van der Waals surface area contributed by atoms with E-state index in [9.17, 15) is 15.0 Å². The van der Waals surface area contributed by atoms with E-state index >= 15 is 0 Å². The highest BCUT2D eigenvalue weighted by Gasteiger charge is 2.14. The number of aromatic hydroxyl groups is 2. The fraction of sp³-hybridized carbons (Fsp3) is 0.250. The number of carbonyl (C=O) groups excluding carboxylic acids is 1. The molecule has 42 heavy (non-hydrogen) atoms. The van der Waals surface area contributed by atoms with E-state index in [2.05, 4.69) is 54.2 Å². The summed E-state index contributed by atoms with van der Waals surface area (Å²) in [4.78, 5) is 21.7. The molecule has 1 aromatic heterocycles. The van der Waals surface area contributed by atoms with E-state index in [-0.39, 0.29) is 28.1 Å². The number of rotatable bonds is 12. The molecule has 0 unspecified atom stereocenters. The number of carbonyl (C=O) groups is 1. The van der Waals surface area contributed by atoms with Crippen molar-refractivity contribution in [3.63, 3.8) is 0 Å². The zero-order valence-corrected chi connectivity index (χ0v) is 25.2. The molecule has 1 heterocycles. The Balaban J connectivity index is 1.62. The average Bonchev–Trinajstić information content (AvgIpc) is 2.99. The monoisotopic (exact) mass is 580 g/mol. The fourth-order valence-electron chi connectivity index (χ4n) is 5.02. The molecule has 0 amide bonds. The van der Waals surface area contributed by atoms with Gasteiger partial charge in [-0.3, -0.25) is 4.79 Å². The summed E-state index contributed by atoms with van der Waals surface area (Å²) in [6.07, 6.45) is 11.3. The van der Waals surface area contributed by atoms with Crippen molar-refractivity contribution in [3.8, 4) is 22.8 Å². The third-order valence-electron chi connectivity index (χ3n) is 7.35. The molecule has 4 rings (SSSR count). The number of aryl methyl sites for hydroxylation is 2. The van der Waals surface area contributed by atoms with Gasteiger partial charge in [0.05, 0.1) is 11.3 Å². The molecular weight excluding hydrogens is 544 g/mol. The Morgan fingerprint density at radius 1 is 0.952 bits per heavy atom. The van der Waals surface area contributed by atoms with Gasteiger partial charge in [-0.1, -0.05) is 80.4 Å². The molecule has 0 atom stereocenters. The summed E-state index contributed by atoms with van der Waals surface area (Å²) < 4.78 is 0. The van der Waals surface area contributed by atoms with Gasteiger partial charge in [-0.25, -0.2) is 9.97 Å². The maximum Gasteiger partial charge on any atom is 0.222 e. The van der Waals surface area contributed by atoms with Gasteiger partial charge in [0.1, 0.15) is 11.5 Å². The zero-order chi connectivity index (χ0) is 30.1. The summed E-state index contributed by atoms with van der Waals surface area (Å²) in [5.41, 5.74) is 8.42. The summed E-state index contributed by atoms with van der Waals surface area (Å²) >= 11 is 6.05. The number of ketones is 1. The summed E-state index contributed by atoms with van der Waals surface area (Å²) in [5, 5.41) is 20.2. The molecule has 0 aliphatic carbocycles. The number of hydrogen-bond donors (Lipinski definition) is 2. The quantitative estimate of drug-likeness (QED) is 0.0755. The van der Waals surface area contributed by atoms with Crippen molar-refractivity contribution in [1.29, 1.82) is 0 Å². The lowest BCUT2D eigenvalue weighted by atomic mass is 9.93. The van der Waals surface area contributed by atoms with Crippen LogP contribution in [0.3, 0.4) is 0 Å². The number of halogens is 1. The number of hydrogen-bond acceptors (Lipinski definition) is 5. The molecule has 0 saturated carbocycles. The third kappa shape index (κ3) is 8.17. The maximum absolute atomic E-state index is 13.3. The SMILES string of the molecule is CCCC(=CCc1cccc(CCC(=CC(=O)c2ccc(O)cc2O)c2ccc(-c3nc(Cl)ncc3C)cc2)c1)CC. The van der Waals surface area contributed by atoms with E-state index in [1.54, 1.807) is 12.3 Å². The maximum atomic E-state index is 13.3. The third-order valence-corrected chi connectivity index (χ3v) is 7.53. The van der Waals surface area contributed by atoms with Gasteiger partial charge in [-0.2, -0.15) is 0 Å². The second kappa shape index (κ2) is 14.6. The fourth-order valence-corrected chi connectivity index (χ4v) is 5.15. The molecule has 0 aliphatic rings. The molecule has 3 aromatic carbocycles. The van der Waals surface area contributed by atoms with Gasteiger partial charge in [-0.05, 0) is 96.7 Å². The molecule has 5 nitrogen and oxygen atoms in total. The number of nitrogens with zero attached hydrogens (tertiary/aromatic N) is 2. The first-order valence-corrected chi connectivity index (χ1v) is 14.8. The predicted molar refractivity (Wildman–Crippen MR) is 171 cm³/mol. The number of aromatic nitrogens is 2. The van der Waals surface area contributed by atoms with Crippen LogP contribution in [0.1, 0.15) is 72.1 Å². The van der Waals surface area contributed by atoms with E-state index < -0.39 is 0 Å². The van der Waals surface area contributed by atoms with Crippen LogP contribution in [-0.2, 0) is 12.8 Å². The Kier molecular flexibility index (Phi) is 10.7. The molecule has 0 radical (unpaired) electrons. The second-order valence-electron chi connectivity index (χ2n) is 10.5. The molecular formula is C36H37ClN2O3. The van der Waals surface area contributed by atoms with Gasteiger partial charge in [0.15, 0.2) is 5.78 Å². The first-order valence-electron chi connectivity index (χ1n) is 14.4. The zero-order valence-electron chi connectivity index (χ0n) is 24.4. The van der Waals surface area contributed by atoms with Crippen LogP contribution in [0, 0.1) is 6.92 Å². The van der Waals surface area contributed by atoms with Crippen LogP contribution in [0.15, 0.2) is 90.7 Å². The largest absolute Gasteiger partial charge is 0.508 e. The van der Waals surface area contributed by atoms with E-state index in [0.717, 1.165) is 60.1 Å². The first-order chi connectivity index (χ1) is 20.3. The summed E-state index contributed by atoms with van der Waals surface area (Å²) in [6.45, 7) is 6.36. The van der Waals surface area contributed by atoms with Crippen molar-refractivity contribution < 1.29 is 15.0 Å². The number of benzene rings is 3. The van der Waals surface area contributed by atoms with Crippen LogP contribution in [-0.4, -0.2) is 26.0 Å². The van der Waals surface area contributed by atoms with Crippen LogP contribution in [0.5, 0.6) is 11.5 Å². The number of allylic oxidation sites excluding steroid dienone is 4. The normalized spacial score (nSPS) is 12.0. The van der Waals surface area contributed by atoms with Crippen molar-refractivity contribution in [2.24, 2.45) is 0 Å². The molecule has 0 fully saturated rings. The van der Waals surface area contributed by atoms with E-state index in [4.69, 9.17) is 11.6 Å². The smallest absolute Gasteiger partial charge is 0.222 e. The minimum Gasteiger partial charge on any atom is -0.508 e. The molecule has 0 saturated heterocycles. The molecule has 0 bridgehead atoms. The lowest BCUT2D eigenvalue weighted by Gasteiger charge is -2.12. The number of phenols is 2. The van der Waals surface area contributed by atoms with Gasteiger partial charge in [0.2, 0.25) is 5.28 Å². The standard InChI is InChI=1S/C36H37ClN2O3/c1-4-7-25(5-2)10-11-26-8-6-9-27(20-26)12-13-30(21-33(41)32-19-18-31(40)22-34(32)42)28-14-16-29(17-15-28)35-24(3)23-38-36(37)39-35/h6,8-10,14-23,40,42H,4-5,7,11-13H2,1-3H3. The van der Waals surface area contributed by atoms with E-state index in [0.29, 0.717) is 6.42 Å². The molecule has 4 aromatic rings. The highest BCUT2D eigenvalue weighted by Crippen LogP contribution is 2.29. The molecule has 216 valence electrons. The lowest BCUT2D eigenvalue weighted by molar-refractivity contribution is 0.104. The first kappa shape index (κ1) is 30.7. The Bertz CT molecular complexity index is 1610. The Labute approximate surface area is 253 Å². The minimum atomic E-state index is -0.327. The van der Waals surface area contributed by atoms with Gasteiger partial charge < -0.3 is 10.2 Å². The van der Waals surface area contributed by atoms with Crippen molar-refractivity contribution in [2.75, 3.05) is 0 Å². The predicted octanol–water partition coefficient (Wildman–Crippen LogP) is 9.09. The van der Waals surface area contributed by atoms with Crippen molar-refractivity contribution in [1.82, 2.24) is 9.97 Å². The Morgan fingerprint density at radius 2 is 1.71 bits per heavy atom. The van der Waals surface area contributed by atoms with Crippen molar-refractivity contribution >= 4 is 23.0 Å². The highest BCUT2D eigenvalue weighted by atomic mass is 35.5. The topological polar surface area (TPSA) is 83.3 Å². The van der Waals surface area contributed by atoms with Crippen LogP contribution in [0.2, 0.25) is 5.28 Å². The van der Waals surface area contributed by atoms with Crippen LogP contribution >= 0.6 is 11.6 Å². The molecule has 6 heteroatoms. The van der Waals surface area contributed by atoms with Crippen LogP contribution in [0.4, 0.5) is 0 Å². The molecule has 0 aliphatic heterocycles. The van der Waals surface area contributed by atoms with Gasteiger partial charge in [0, 0.05) is 17.8 Å². The van der Waals surface area contributed by atoms with Gasteiger partial charge in [0.25, 0.3) is 0 Å². The number of phenolic OH excluding ortho intramolecular Hbond substituents is 2. The summed E-state index contributed by atoms with van der Waals surface area (Å²) in [6, 6.07) is 20.5. The van der Waals surface area contributed by atoms with Gasteiger partial charge in [-0.15, -0.1) is 0 Å². The second-order valence-corrected chi connectivity index (χ2v) is 10.8. The minimum absolute atomic E-state index is 0.0977. The van der Waals surface area contributed by atoms with Crippen LogP contribution < -0.4 is 0 Å². The van der Waals surface area contributed by atoms with E-state index in [1.807, 2.05) is 31.2 Å². The van der Waals surface area contributed by atoms with Crippen molar-refractivity contribution in [3.05, 3.63) is 124 Å². The van der Waals surface area contributed by atoms with Gasteiger partial charge >= 0.3 is 0 Å². The molecule has 0 spiro atoms.